The molecule has 1 N–H and O–H groups in total. The highest BCUT2D eigenvalue weighted by Gasteiger charge is 2.46. The van der Waals surface area contributed by atoms with Crippen molar-refractivity contribution in [2.24, 2.45) is 0 Å². The third-order valence-electron chi connectivity index (χ3n) is 5.57. The second-order valence-electron chi connectivity index (χ2n) is 7.73. The van der Waals surface area contributed by atoms with Crippen molar-refractivity contribution in [2.75, 3.05) is 31.5 Å². The van der Waals surface area contributed by atoms with Crippen LogP contribution in [0.15, 0.2) is 60.0 Å². The molecule has 2 aromatic carbocycles. The third kappa shape index (κ3) is 5.22. The zero-order valence-electron chi connectivity index (χ0n) is 19.5. The minimum atomic E-state index is -0.959. The molecule has 1 saturated heterocycles. The number of ether oxygens (including phenoxy) is 3. The Hall–Kier alpha value is -4.05. The van der Waals surface area contributed by atoms with Crippen LogP contribution in [0.25, 0.3) is 0 Å². The molecule has 0 aliphatic carbocycles. The van der Waals surface area contributed by atoms with E-state index in [2.05, 4.69) is 5.32 Å². The molecule has 3 aromatic rings. The van der Waals surface area contributed by atoms with Gasteiger partial charge in [-0.1, -0.05) is 6.07 Å². The van der Waals surface area contributed by atoms with E-state index in [9.17, 15) is 14.4 Å². The van der Waals surface area contributed by atoms with Crippen molar-refractivity contribution < 1.29 is 28.6 Å². The first-order valence-corrected chi connectivity index (χ1v) is 11.7. The number of nitrogens with zero attached hydrogens (tertiary/aromatic N) is 2. The van der Waals surface area contributed by atoms with Gasteiger partial charge in [0, 0.05) is 28.8 Å². The molecule has 35 heavy (non-hydrogen) atoms. The highest BCUT2D eigenvalue weighted by atomic mass is 32.1. The number of rotatable bonds is 9. The predicted molar refractivity (Wildman–Crippen MR) is 132 cm³/mol. The summed E-state index contributed by atoms with van der Waals surface area (Å²) in [5.41, 5.74) is 0.872. The zero-order valence-corrected chi connectivity index (χ0v) is 20.3. The molecule has 9 nitrogen and oxygen atoms in total. The van der Waals surface area contributed by atoms with Gasteiger partial charge in [-0.25, -0.2) is 9.69 Å². The Kier molecular flexibility index (Phi) is 7.21. The number of benzene rings is 2. The largest absolute Gasteiger partial charge is 0.497 e. The Balaban J connectivity index is 1.58. The maximum absolute atomic E-state index is 13.4. The second-order valence-corrected chi connectivity index (χ2v) is 8.76. The Morgan fingerprint density at radius 1 is 0.943 bits per heavy atom. The van der Waals surface area contributed by atoms with E-state index in [0.29, 0.717) is 28.6 Å². The maximum atomic E-state index is 13.4. The second kappa shape index (κ2) is 10.5. The van der Waals surface area contributed by atoms with Crippen molar-refractivity contribution in [1.82, 2.24) is 4.90 Å². The summed E-state index contributed by atoms with van der Waals surface area (Å²) in [6.45, 7) is 0.222. The standard InChI is InChI=1S/C25H25N3O6S/c1-32-18-8-6-17(7-9-18)28-24(30)22(27(25(28)31)15-21-5-4-10-35-21)14-23(29)26-16-11-19(33-2)13-20(12-16)34-3/h4-13,22H,14-15H2,1-3H3,(H,26,29)/t22-/m0/s1. The highest BCUT2D eigenvalue weighted by Crippen LogP contribution is 2.31. The fourth-order valence-corrected chi connectivity index (χ4v) is 4.52. The van der Waals surface area contributed by atoms with E-state index in [-0.39, 0.29) is 13.0 Å². The number of nitrogens with one attached hydrogen (secondary N) is 1. The highest BCUT2D eigenvalue weighted by molar-refractivity contribution is 7.09. The quantitative estimate of drug-likeness (QED) is 0.448. The Morgan fingerprint density at radius 2 is 1.60 bits per heavy atom. The van der Waals surface area contributed by atoms with Gasteiger partial charge in [-0.15, -0.1) is 11.3 Å². The predicted octanol–water partition coefficient (Wildman–Crippen LogP) is 4.14. The number of anilines is 2. The zero-order chi connectivity index (χ0) is 24.9. The summed E-state index contributed by atoms with van der Waals surface area (Å²) in [6, 6.07) is 13.9. The van der Waals surface area contributed by atoms with Crippen LogP contribution in [-0.2, 0) is 16.1 Å². The summed E-state index contributed by atoms with van der Waals surface area (Å²) < 4.78 is 15.7. The van der Waals surface area contributed by atoms with E-state index in [1.54, 1.807) is 42.5 Å². The van der Waals surface area contributed by atoms with E-state index in [4.69, 9.17) is 14.2 Å². The Labute approximate surface area is 206 Å². The van der Waals surface area contributed by atoms with E-state index in [1.807, 2.05) is 17.5 Å². The average molecular weight is 496 g/mol. The smallest absolute Gasteiger partial charge is 0.332 e. The van der Waals surface area contributed by atoms with E-state index >= 15 is 0 Å². The maximum Gasteiger partial charge on any atom is 0.332 e. The van der Waals surface area contributed by atoms with Crippen molar-refractivity contribution in [2.45, 2.75) is 19.0 Å². The van der Waals surface area contributed by atoms with Gasteiger partial charge in [0.05, 0.1) is 40.0 Å². The molecule has 1 aromatic heterocycles. The van der Waals surface area contributed by atoms with Crippen LogP contribution >= 0.6 is 11.3 Å². The number of methoxy groups -OCH3 is 3. The van der Waals surface area contributed by atoms with Crippen LogP contribution in [0.4, 0.5) is 16.2 Å². The SMILES string of the molecule is COc1ccc(N2C(=O)[C@H](CC(=O)Nc3cc(OC)cc(OC)c3)N(Cc3cccs3)C2=O)cc1. The lowest BCUT2D eigenvalue weighted by atomic mass is 10.1. The van der Waals surface area contributed by atoms with E-state index in [1.165, 1.54) is 37.6 Å². The average Bonchev–Trinajstić information content (AvgIpc) is 3.46. The van der Waals surface area contributed by atoms with Crippen LogP contribution < -0.4 is 24.4 Å². The van der Waals surface area contributed by atoms with Crippen molar-refractivity contribution in [3.05, 3.63) is 64.9 Å². The number of thiophene rings is 1. The summed E-state index contributed by atoms with van der Waals surface area (Å²) in [4.78, 5) is 43.2. The molecule has 0 unspecified atom stereocenters. The van der Waals surface area contributed by atoms with Crippen molar-refractivity contribution in [3.63, 3.8) is 0 Å². The van der Waals surface area contributed by atoms with Crippen LogP contribution in [-0.4, -0.2) is 50.1 Å². The first-order valence-electron chi connectivity index (χ1n) is 10.8. The molecule has 10 heteroatoms. The van der Waals surface area contributed by atoms with Crippen LogP contribution in [0, 0.1) is 0 Å². The first-order chi connectivity index (χ1) is 16.9. The van der Waals surface area contributed by atoms with Gasteiger partial charge in [0.15, 0.2) is 0 Å². The molecule has 1 aliphatic rings. The molecule has 0 radical (unpaired) electrons. The molecule has 182 valence electrons. The van der Waals surface area contributed by atoms with Gasteiger partial charge in [0.1, 0.15) is 23.3 Å². The van der Waals surface area contributed by atoms with Gasteiger partial charge in [0.25, 0.3) is 5.91 Å². The molecule has 0 saturated carbocycles. The summed E-state index contributed by atoms with van der Waals surface area (Å²) in [5.74, 6) is 0.746. The fraction of sp³-hybridized carbons (Fsp3) is 0.240. The number of hydrogen-bond acceptors (Lipinski definition) is 7. The minimum absolute atomic E-state index is 0.206. The Morgan fingerprint density at radius 3 is 2.17 bits per heavy atom. The number of carbonyl (C=O) groups excluding carboxylic acids is 3. The minimum Gasteiger partial charge on any atom is -0.497 e. The van der Waals surface area contributed by atoms with Crippen LogP contribution in [0.3, 0.4) is 0 Å². The van der Waals surface area contributed by atoms with Gasteiger partial charge in [-0.05, 0) is 35.7 Å². The molecule has 2 heterocycles. The molecular weight excluding hydrogens is 470 g/mol. The summed E-state index contributed by atoms with van der Waals surface area (Å²) in [5, 5.41) is 4.68. The first kappa shape index (κ1) is 24.1. The van der Waals surface area contributed by atoms with Crippen LogP contribution in [0.2, 0.25) is 0 Å². The number of carbonyl (C=O) groups is 3. The van der Waals surface area contributed by atoms with Gasteiger partial charge in [-0.2, -0.15) is 0 Å². The van der Waals surface area contributed by atoms with Gasteiger partial charge in [-0.3, -0.25) is 9.59 Å². The Bertz CT molecular complexity index is 1190. The summed E-state index contributed by atoms with van der Waals surface area (Å²) >= 11 is 1.48. The van der Waals surface area contributed by atoms with Gasteiger partial charge >= 0.3 is 6.03 Å². The van der Waals surface area contributed by atoms with Crippen molar-refractivity contribution in [1.29, 1.82) is 0 Å². The van der Waals surface area contributed by atoms with Crippen LogP contribution in [0.1, 0.15) is 11.3 Å². The topological polar surface area (TPSA) is 97.4 Å². The molecular formula is C25H25N3O6S. The van der Waals surface area contributed by atoms with Crippen LogP contribution in [0.5, 0.6) is 17.2 Å². The molecule has 1 aliphatic heterocycles. The van der Waals surface area contributed by atoms with Crippen molar-refractivity contribution >= 4 is 40.6 Å². The summed E-state index contributed by atoms with van der Waals surface area (Å²) in [7, 11) is 4.56. The lowest BCUT2D eigenvalue weighted by Gasteiger charge is -2.21. The molecule has 1 fully saturated rings. The normalized spacial score (nSPS) is 15.3. The number of amides is 4. The summed E-state index contributed by atoms with van der Waals surface area (Å²) in [6.07, 6.45) is -0.206. The number of imide groups is 1. The van der Waals surface area contributed by atoms with Gasteiger partial charge < -0.3 is 24.4 Å². The lowest BCUT2D eigenvalue weighted by Crippen LogP contribution is -2.37. The van der Waals surface area contributed by atoms with E-state index < -0.39 is 23.9 Å². The third-order valence-corrected chi connectivity index (χ3v) is 6.43. The fourth-order valence-electron chi connectivity index (χ4n) is 3.82. The number of hydrogen-bond donors (Lipinski definition) is 1. The molecule has 0 bridgehead atoms. The van der Waals surface area contributed by atoms with Crippen molar-refractivity contribution in [3.8, 4) is 17.2 Å². The van der Waals surface area contributed by atoms with E-state index in [0.717, 1.165) is 9.78 Å². The van der Waals surface area contributed by atoms with Gasteiger partial charge in [0.2, 0.25) is 5.91 Å². The number of urea groups is 1. The molecule has 0 spiro atoms. The molecule has 4 amide bonds. The molecule has 4 rings (SSSR count). The molecule has 1 atom stereocenters. The monoisotopic (exact) mass is 495 g/mol. The lowest BCUT2D eigenvalue weighted by molar-refractivity contribution is -0.124.